The summed E-state index contributed by atoms with van der Waals surface area (Å²) in [5, 5.41) is 6.06. The topological polar surface area (TPSA) is 73.4 Å². The highest BCUT2D eigenvalue weighted by Gasteiger charge is 2.46. The predicted octanol–water partition coefficient (Wildman–Crippen LogP) is 10.8. The summed E-state index contributed by atoms with van der Waals surface area (Å²) in [6, 6.07) is 20.5. The molecule has 0 aliphatic carbocycles. The number of halogens is 8. The zero-order valence-corrected chi connectivity index (χ0v) is 27.5. The van der Waals surface area contributed by atoms with Gasteiger partial charge in [0.05, 0.1) is 58.3 Å². The highest BCUT2D eigenvalue weighted by Crippen LogP contribution is 2.50. The van der Waals surface area contributed by atoms with Crippen LogP contribution in [-0.4, -0.2) is 15.8 Å². The van der Waals surface area contributed by atoms with E-state index in [2.05, 4.69) is 20.6 Å². The van der Waals surface area contributed by atoms with Crippen molar-refractivity contribution in [2.24, 2.45) is 0 Å². The smallest absolute Gasteiger partial charge is 0.338 e. The van der Waals surface area contributed by atoms with Gasteiger partial charge in [0, 0.05) is 34.6 Å². The van der Waals surface area contributed by atoms with Gasteiger partial charge in [-0.15, -0.1) is 0 Å². The van der Waals surface area contributed by atoms with Crippen LogP contribution in [-0.2, 0) is 25.4 Å². The fourth-order valence-corrected chi connectivity index (χ4v) is 6.91. The van der Waals surface area contributed by atoms with E-state index in [0.29, 0.717) is 35.4 Å². The number of nitrogens with one attached hydrogen (secondary N) is 2. The molecular weight excluding hydrogens is 720 g/mol. The van der Waals surface area contributed by atoms with Crippen molar-refractivity contribution < 1.29 is 39.9 Å². The Hall–Kier alpha value is -6.51. The third-order valence-electron chi connectivity index (χ3n) is 9.19. The molecule has 0 saturated heterocycles. The second-order valence-electron chi connectivity index (χ2n) is 12.4. The molecule has 2 aliphatic heterocycles. The summed E-state index contributed by atoms with van der Waals surface area (Å²) in [6.45, 7) is -0.726. The van der Waals surface area contributed by atoms with E-state index in [1.165, 1.54) is 60.9 Å². The molecule has 0 saturated carbocycles. The van der Waals surface area contributed by atoms with Crippen LogP contribution in [0.3, 0.4) is 0 Å². The number of hydrogen-bond acceptors (Lipinski definition) is 7. The van der Waals surface area contributed by atoms with Crippen LogP contribution >= 0.6 is 0 Å². The van der Waals surface area contributed by atoms with Crippen molar-refractivity contribution in [3.63, 3.8) is 0 Å². The van der Waals surface area contributed by atoms with E-state index >= 15 is 35.1 Å². The van der Waals surface area contributed by atoms with Crippen LogP contribution in [0.25, 0.3) is 0 Å². The molecule has 0 radical (unpaired) electrons. The number of ketones is 1. The van der Waals surface area contributed by atoms with E-state index < -0.39 is 63.4 Å². The molecule has 0 spiro atoms. The highest BCUT2D eigenvalue weighted by molar-refractivity contribution is 6.13. The monoisotopic (exact) mass is 744 g/mol. The van der Waals surface area contributed by atoms with Gasteiger partial charge >= 0.3 is 12.4 Å². The third kappa shape index (κ3) is 5.90. The van der Waals surface area contributed by atoms with Crippen LogP contribution in [0.5, 0.6) is 0 Å². The predicted molar refractivity (Wildman–Crippen MR) is 186 cm³/mol. The molecular formula is C39H24F8N6O. The van der Waals surface area contributed by atoms with E-state index in [0.717, 1.165) is 9.80 Å². The zero-order chi connectivity index (χ0) is 37.9. The molecule has 4 aromatic carbocycles. The minimum absolute atomic E-state index is 0.0766. The lowest BCUT2D eigenvalue weighted by Gasteiger charge is -2.30. The maximum atomic E-state index is 16.0. The normalized spacial score (nSPS) is 13.7. The Balaban J connectivity index is 1.35. The first-order chi connectivity index (χ1) is 25.8. The molecule has 7 nitrogen and oxygen atoms in total. The Morgan fingerprint density at radius 2 is 0.963 bits per heavy atom. The number of pyridine rings is 2. The van der Waals surface area contributed by atoms with Crippen LogP contribution in [0.1, 0.15) is 38.2 Å². The quantitative estimate of drug-likeness (QED) is 0.138. The molecule has 0 bridgehead atoms. The molecule has 2 N–H and O–H groups in total. The lowest BCUT2D eigenvalue weighted by atomic mass is 9.91. The molecule has 6 aromatic rings. The molecule has 0 amide bonds. The number of para-hydroxylation sites is 4. The van der Waals surface area contributed by atoms with Crippen LogP contribution in [0.2, 0.25) is 0 Å². The van der Waals surface area contributed by atoms with Crippen molar-refractivity contribution >= 4 is 51.5 Å². The van der Waals surface area contributed by atoms with E-state index in [9.17, 15) is 4.79 Å². The lowest BCUT2D eigenvalue weighted by molar-refractivity contribution is -0.137. The molecule has 54 heavy (non-hydrogen) atoms. The fourth-order valence-electron chi connectivity index (χ4n) is 6.91. The minimum Gasteiger partial charge on any atom is -0.338 e. The van der Waals surface area contributed by atoms with Gasteiger partial charge in [-0.1, -0.05) is 36.4 Å². The highest BCUT2D eigenvalue weighted by atomic mass is 19.4. The number of anilines is 8. The number of aromatic nitrogens is 2. The largest absolute Gasteiger partial charge is 0.419 e. The minimum atomic E-state index is -5.47. The van der Waals surface area contributed by atoms with E-state index in [4.69, 9.17) is 0 Å². The van der Waals surface area contributed by atoms with Crippen molar-refractivity contribution in [1.29, 1.82) is 0 Å². The Kier molecular flexibility index (Phi) is 8.23. The van der Waals surface area contributed by atoms with E-state index in [1.807, 2.05) is 0 Å². The molecule has 2 aromatic heterocycles. The van der Waals surface area contributed by atoms with Crippen LogP contribution in [0.4, 0.5) is 80.9 Å². The number of carbonyl (C=O) groups excluding carboxylic acids is 1. The van der Waals surface area contributed by atoms with Gasteiger partial charge in [0.15, 0.2) is 5.78 Å². The lowest BCUT2D eigenvalue weighted by Crippen LogP contribution is -2.27. The molecule has 8 rings (SSSR count). The van der Waals surface area contributed by atoms with E-state index in [1.54, 1.807) is 24.3 Å². The second-order valence-corrected chi connectivity index (χ2v) is 12.4. The average molecular weight is 745 g/mol. The van der Waals surface area contributed by atoms with Crippen molar-refractivity contribution in [3.8, 4) is 0 Å². The van der Waals surface area contributed by atoms with Crippen LogP contribution in [0, 0.1) is 11.6 Å². The van der Waals surface area contributed by atoms with Crippen molar-refractivity contribution in [1.82, 2.24) is 9.97 Å². The number of fused-ring (bicyclic) bond motifs is 4. The molecule has 4 heterocycles. The Labute approximate surface area is 301 Å². The summed E-state index contributed by atoms with van der Waals surface area (Å²) in [5.74, 6) is -3.96. The summed E-state index contributed by atoms with van der Waals surface area (Å²) < 4.78 is 124. The Morgan fingerprint density at radius 1 is 0.556 bits per heavy atom. The van der Waals surface area contributed by atoms with Crippen LogP contribution in [0.15, 0.2) is 109 Å². The molecule has 2 aliphatic rings. The summed E-state index contributed by atoms with van der Waals surface area (Å²) in [5.41, 5.74) is -6.94. The maximum absolute atomic E-state index is 16.0. The number of hydrogen-bond donors (Lipinski definition) is 2. The van der Waals surface area contributed by atoms with Gasteiger partial charge in [-0.3, -0.25) is 4.79 Å². The Bertz CT molecular complexity index is 2300. The molecule has 0 atom stereocenters. The molecule has 0 unspecified atom stereocenters. The third-order valence-corrected chi connectivity index (χ3v) is 9.19. The average Bonchev–Trinajstić information content (AvgIpc) is 3.41. The van der Waals surface area contributed by atoms with Crippen molar-refractivity contribution in [3.05, 3.63) is 154 Å². The second kappa shape index (κ2) is 12.9. The van der Waals surface area contributed by atoms with E-state index in [-0.39, 0.29) is 47.5 Å². The fraction of sp³-hybridized carbons (Fsp3) is 0.103. The number of rotatable bonds is 4. The number of nitrogens with zero attached hydrogens (tertiary/aromatic N) is 4. The van der Waals surface area contributed by atoms with Gasteiger partial charge in [0.2, 0.25) is 0 Å². The summed E-state index contributed by atoms with van der Waals surface area (Å²) in [4.78, 5) is 24.9. The summed E-state index contributed by atoms with van der Waals surface area (Å²) in [6.07, 6.45) is -8.03. The van der Waals surface area contributed by atoms with Crippen LogP contribution < -0.4 is 20.4 Å². The zero-order valence-electron chi connectivity index (χ0n) is 27.5. The maximum Gasteiger partial charge on any atom is 0.419 e. The van der Waals surface area contributed by atoms with Gasteiger partial charge in [-0.25, -0.2) is 18.7 Å². The van der Waals surface area contributed by atoms with Gasteiger partial charge < -0.3 is 20.4 Å². The molecule has 15 heteroatoms. The Morgan fingerprint density at radius 3 is 1.37 bits per heavy atom. The first kappa shape index (κ1) is 34.6. The van der Waals surface area contributed by atoms with Crippen molar-refractivity contribution in [2.75, 3.05) is 20.4 Å². The SMILES string of the molecule is O=C(c1ccc(F)c(N2Cc3cccnc3Nc3ccccc32)c1C(F)(F)F)c1ccc(F)c(N2Cc3cccnc3Nc3ccccc32)c1C(F)(F)F. The number of alkyl halides is 6. The molecule has 0 fully saturated rings. The van der Waals surface area contributed by atoms with Gasteiger partial charge in [-0.05, 0) is 60.7 Å². The summed E-state index contributed by atoms with van der Waals surface area (Å²) in [7, 11) is 0. The standard InChI is InChI=1S/C39H24F8N6O/c40-25-15-13-23(31(38(42,43)44)33(25)52-19-21-7-5-17-48-36(21)50-27-9-1-3-11-29(27)52)35(54)24-14-16-26(41)34(32(24)39(45,46)47)53-20-22-8-6-18-49-37(22)51-28-10-2-4-12-30(28)53/h1-18H,19-20H2,(H,48,50)(H,49,51). The molecule has 272 valence electrons. The first-order valence-electron chi connectivity index (χ1n) is 16.3. The number of benzene rings is 4. The van der Waals surface area contributed by atoms with Gasteiger partial charge in [0.1, 0.15) is 23.3 Å². The van der Waals surface area contributed by atoms with Crippen molar-refractivity contribution in [2.45, 2.75) is 25.4 Å². The number of carbonyl (C=O) groups is 1. The first-order valence-corrected chi connectivity index (χ1v) is 16.3. The van der Waals surface area contributed by atoms with Gasteiger partial charge in [-0.2, -0.15) is 26.3 Å². The summed E-state index contributed by atoms with van der Waals surface area (Å²) >= 11 is 0. The van der Waals surface area contributed by atoms with Gasteiger partial charge in [0.25, 0.3) is 0 Å².